The number of rotatable bonds is 70. The van der Waals surface area contributed by atoms with Crippen molar-refractivity contribution >= 4 is 17.8 Å². The largest absolute Gasteiger partial charge is 0.477 e. The molecular formula is C83H158N2O21. The lowest BCUT2D eigenvalue weighted by Crippen LogP contribution is -2.70. The normalized spacial score (nSPS) is 26.0. The summed E-state index contributed by atoms with van der Waals surface area (Å²) in [5.74, 6) is -6.08. The van der Waals surface area contributed by atoms with Gasteiger partial charge >= 0.3 is 5.97 Å². The van der Waals surface area contributed by atoms with Crippen molar-refractivity contribution in [3.63, 3.8) is 0 Å². The molecular weight excluding hydrogens is 1360 g/mol. The zero-order valence-corrected chi connectivity index (χ0v) is 66.6. The van der Waals surface area contributed by atoms with E-state index in [2.05, 4.69) is 24.5 Å². The van der Waals surface area contributed by atoms with Gasteiger partial charge in [-0.05, 0) is 12.8 Å². The van der Waals surface area contributed by atoms with Gasteiger partial charge in [0.25, 0.3) is 5.79 Å². The first-order valence-electron chi connectivity index (χ1n) is 43.4. The number of aliphatic hydroxyl groups excluding tert-OH is 11. The molecule has 3 rings (SSSR count). The van der Waals surface area contributed by atoms with Gasteiger partial charge in [-0.1, -0.05) is 341 Å². The van der Waals surface area contributed by atoms with E-state index in [1.165, 1.54) is 276 Å². The molecule has 0 bridgehead atoms. The quantitative estimate of drug-likeness (QED) is 0.0252. The number of nitrogens with one attached hydrogen (secondary N) is 2. The number of ether oxygens (including phenoxy) is 6. The number of aliphatic carboxylic acids is 1. The summed E-state index contributed by atoms with van der Waals surface area (Å²) in [7, 11) is 0. The SMILES string of the molecule is CCCCCCCCCCCCCCCCCCCCCCCCCCCCCCCCCC(=O)NC(COC1OC(CO)C(OC2OC(CO)C(O)C(OC3(C(=O)O)CC(O)C(NC(C)=O)C(C(O)C(O)CO)O3)C2O)C(O)C1O)C(O)CCCCCCCCCCCCCCCCCCCCCCC. The molecule has 106 heavy (non-hydrogen) atoms. The van der Waals surface area contributed by atoms with E-state index in [-0.39, 0.29) is 18.9 Å². The van der Waals surface area contributed by atoms with Crippen molar-refractivity contribution in [3.05, 3.63) is 0 Å². The molecule has 3 aliphatic heterocycles. The number of hydrogen-bond donors (Lipinski definition) is 14. The van der Waals surface area contributed by atoms with Crippen LogP contribution in [0.1, 0.15) is 374 Å². The van der Waals surface area contributed by atoms with Crippen molar-refractivity contribution in [1.82, 2.24) is 10.6 Å². The van der Waals surface area contributed by atoms with E-state index in [0.717, 1.165) is 51.9 Å². The van der Waals surface area contributed by atoms with Gasteiger partial charge < -0.3 is 100 Å². The smallest absolute Gasteiger partial charge is 0.364 e. The van der Waals surface area contributed by atoms with E-state index in [9.17, 15) is 75.7 Å². The van der Waals surface area contributed by atoms with Crippen LogP contribution in [0.2, 0.25) is 0 Å². The third kappa shape index (κ3) is 41.5. The number of aliphatic hydroxyl groups is 11. The molecule has 2 amide bonds. The first kappa shape index (κ1) is 97.9. The Balaban J connectivity index is 1.46. The first-order valence-corrected chi connectivity index (χ1v) is 43.4. The lowest BCUT2D eigenvalue weighted by molar-refractivity contribution is -0.386. The maximum absolute atomic E-state index is 13.6. The fourth-order valence-electron chi connectivity index (χ4n) is 15.5. The molecule has 18 unspecified atom stereocenters. The second kappa shape index (κ2) is 62.2. The molecule has 0 aliphatic carbocycles. The highest BCUT2D eigenvalue weighted by Gasteiger charge is 2.60. The van der Waals surface area contributed by atoms with Crippen molar-refractivity contribution in [2.45, 2.75) is 484 Å². The van der Waals surface area contributed by atoms with Gasteiger partial charge in [-0.2, -0.15) is 0 Å². The highest BCUT2D eigenvalue weighted by molar-refractivity contribution is 5.77. The number of unbranched alkanes of at least 4 members (excludes halogenated alkanes) is 50. The Kier molecular flexibility index (Phi) is 57.5. The zero-order chi connectivity index (χ0) is 77.4. The monoisotopic (exact) mass is 1520 g/mol. The van der Waals surface area contributed by atoms with E-state index in [1.807, 2.05) is 0 Å². The molecule has 0 aromatic carbocycles. The van der Waals surface area contributed by atoms with Gasteiger partial charge in [0, 0.05) is 19.8 Å². The Morgan fingerprint density at radius 1 is 0.453 bits per heavy atom. The minimum atomic E-state index is -3.08. The molecule has 3 aliphatic rings. The fourth-order valence-corrected chi connectivity index (χ4v) is 15.5. The van der Waals surface area contributed by atoms with Crippen LogP contribution in [0.3, 0.4) is 0 Å². The van der Waals surface area contributed by atoms with Crippen molar-refractivity contribution in [3.8, 4) is 0 Å². The van der Waals surface area contributed by atoms with E-state index in [0.29, 0.717) is 19.3 Å². The van der Waals surface area contributed by atoms with Crippen LogP contribution in [-0.2, 0) is 42.8 Å². The van der Waals surface area contributed by atoms with Crippen molar-refractivity contribution in [2.24, 2.45) is 0 Å². The number of carboxylic acid groups (broad SMARTS) is 1. The molecule has 0 aromatic heterocycles. The summed E-state index contributed by atoms with van der Waals surface area (Å²) in [5, 5.41) is 137. The Hall–Kier alpha value is -2.27. The summed E-state index contributed by atoms with van der Waals surface area (Å²) in [6.45, 7) is 2.28. The van der Waals surface area contributed by atoms with Crippen molar-refractivity contribution in [1.29, 1.82) is 0 Å². The minimum absolute atomic E-state index is 0.230. The highest BCUT2D eigenvalue weighted by atomic mass is 16.8. The maximum Gasteiger partial charge on any atom is 0.364 e. The maximum atomic E-state index is 13.6. The standard InChI is InChI=1S/C83H158N2O21/c1-4-6-8-10-12-14-16-18-20-22-24-26-27-28-29-30-31-32-33-34-35-37-39-41-43-45-47-49-51-53-55-57-70(93)85-64(65(90)56-54-52-50-48-46-44-42-40-38-36-25-23-21-19-17-15-13-11-9-7-5-2)62-101-80-75(97)74(96)77(69(61-88)103-80)104-81-76(98)79(73(95)68(60-87)102-81)106-83(82(99)100)58-66(91)71(84-63(3)89)78(105-83)72(94)67(92)59-86/h64-69,71-81,86-88,90-92,94-98H,4-62H2,1-3H3,(H,84,89)(H,85,93)(H,99,100). The van der Waals surface area contributed by atoms with Crippen LogP contribution < -0.4 is 10.6 Å². The van der Waals surface area contributed by atoms with Crippen LogP contribution in [0.25, 0.3) is 0 Å². The number of hydrogen-bond acceptors (Lipinski definition) is 20. The topological polar surface area (TPSA) is 373 Å². The average molecular weight is 1520 g/mol. The number of carboxylic acids is 1. The van der Waals surface area contributed by atoms with E-state index in [1.54, 1.807) is 0 Å². The van der Waals surface area contributed by atoms with E-state index in [4.69, 9.17) is 28.4 Å². The van der Waals surface area contributed by atoms with Gasteiger partial charge in [-0.15, -0.1) is 0 Å². The van der Waals surface area contributed by atoms with Crippen LogP contribution in [0.15, 0.2) is 0 Å². The molecule has 23 nitrogen and oxygen atoms in total. The fraction of sp³-hybridized carbons (Fsp3) is 0.964. The predicted octanol–water partition coefficient (Wildman–Crippen LogP) is 12.8. The van der Waals surface area contributed by atoms with Crippen molar-refractivity contribution in [2.75, 3.05) is 26.4 Å². The van der Waals surface area contributed by atoms with E-state index >= 15 is 0 Å². The van der Waals surface area contributed by atoms with Gasteiger partial charge in [-0.3, -0.25) is 9.59 Å². The summed E-state index contributed by atoms with van der Waals surface area (Å²) in [4.78, 5) is 38.8. The van der Waals surface area contributed by atoms with Gasteiger partial charge in [0.05, 0.1) is 50.7 Å². The minimum Gasteiger partial charge on any atom is -0.477 e. The van der Waals surface area contributed by atoms with Gasteiger partial charge in [-0.25, -0.2) is 4.79 Å². The number of carbonyl (C=O) groups is 3. The molecule has 23 heteroatoms. The van der Waals surface area contributed by atoms with Crippen LogP contribution in [0.4, 0.5) is 0 Å². The Morgan fingerprint density at radius 3 is 1.18 bits per heavy atom. The van der Waals surface area contributed by atoms with Crippen molar-refractivity contribution < 1.29 is 104 Å². The molecule has 3 saturated heterocycles. The second-order valence-electron chi connectivity index (χ2n) is 31.8. The van der Waals surface area contributed by atoms with Crippen LogP contribution in [0, 0.1) is 0 Å². The number of carbonyl (C=O) groups excluding carboxylic acids is 2. The molecule has 0 spiro atoms. The van der Waals surface area contributed by atoms with Crippen LogP contribution >= 0.6 is 0 Å². The molecule has 0 saturated carbocycles. The van der Waals surface area contributed by atoms with Gasteiger partial charge in [0.2, 0.25) is 11.8 Å². The molecule has 3 heterocycles. The molecule has 3 fully saturated rings. The lowest BCUT2D eigenvalue weighted by atomic mass is 9.88. The first-order chi connectivity index (χ1) is 51.4. The summed E-state index contributed by atoms with van der Waals surface area (Å²) in [5.41, 5.74) is 0. The predicted molar refractivity (Wildman–Crippen MR) is 412 cm³/mol. The third-order valence-corrected chi connectivity index (χ3v) is 22.3. The zero-order valence-electron chi connectivity index (χ0n) is 66.6. The molecule has 14 N–H and O–H groups in total. The summed E-state index contributed by atoms with van der Waals surface area (Å²) in [6.07, 6.45) is 38.2. The van der Waals surface area contributed by atoms with Crippen LogP contribution in [0.5, 0.6) is 0 Å². The number of amides is 2. The summed E-state index contributed by atoms with van der Waals surface area (Å²) >= 11 is 0. The van der Waals surface area contributed by atoms with Crippen LogP contribution in [-0.4, -0.2) is 215 Å². The second-order valence-corrected chi connectivity index (χ2v) is 31.8. The van der Waals surface area contributed by atoms with Gasteiger partial charge in [0.15, 0.2) is 12.6 Å². The Morgan fingerprint density at radius 2 is 0.821 bits per heavy atom. The van der Waals surface area contributed by atoms with E-state index < -0.39 is 148 Å². The highest BCUT2D eigenvalue weighted by Crippen LogP contribution is 2.39. The molecule has 0 aromatic rings. The summed E-state index contributed by atoms with van der Waals surface area (Å²) in [6, 6.07) is -2.53. The molecule has 18 atom stereocenters. The average Bonchev–Trinajstić information content (AvgIpc) is 0.754. The Bertz CT molecular complexity index is 2110. The Labute approximate surface area is 639 Å². The van der Waals surface area contributed by atoms with Gasteiger partial charge in [0.1, 0.15) is 67.1 Å². The third-order valence-electron chi connectivity index (χ3n) is 22.3. The lowest BCUT2D eigenvalue weighted by Gasteiger charge is -2.50. The molecule has 626 valence electrons. The summed E-state index contributed by atoms with van der Waals surface area (Å²) < 4.78 is 35.0. The molecule has 0 radical (unpaired) electrons.